The molecule has 0 radical (unpaired) electrons. The second kappa shape index (κ2) is 10.8. The van der Waals surface area contributed by atoms with Crippen molar-refractivity contribution in [3.63, 3.8) is 0 Å². The summed E-state index contributed by atoms with van der Waals surface area (Å²) in [6.45, 7) is 8.08. The van der Waals surface area contributed by atoms with Gasteiger partial charge in [-0.1, -0.05) is 33.1 Å². The zero-order chi connectivity index (χ0) is 15.5. The molecular weight excluding hydrogens is 266 g/mol. The number of furan rings is 1. The van der Waals surface area contributed by atoms with E-state index in [2.05, 4.69) is 19.2 Å². The Balaban J connectivity index is 2.11. The highest BCUT2D eigenvalue weighted by molar-refractivity contribution is 5.02. The van der Waals surface area contributed by atoms with Gasteiger partial charge in [-0.3, -0.25) is 0 Å². The fraction of sp³-hybridized carbons (Fsp3) is 0.765. The second-order valence-electron chi connectivity index (χ2n) is 5.75. The lowest BCUT2D eigenvalue weighted by Gasteiger charge is -2.18. The summed E-state index contributed by atoms with van der Waals surface area (Å²) in [5, 5.41) is 13.2. The first-order valence-corrected chi connectivity index (χ1v) is 8.19. The molecule has 1 aromatic heterocycles. The molecular formula is C17H31NO3. The standard InChI is InChI=1S/C17H31NO3/c1-4-6-8-15(5-2)12-20-13-16(19)11-18-14(3)17-9-7-10-21-17/h7,9-10,14-16,18-19H,4-6,8,11-13H2,1-3H3. The number of aliphatic hydroxyl groups is 1. The normalized spacial score (nSPS) is 15.8. The lowest BCUT2D eigenvalue weighted by atomic mass is 10.0. The Labute approximate surface area is 128 Å². The van der Waals surface area contributed by atoms with Crippen LogP contribution in [-0.2, 0) is 4.74 Å². The number of rotatable bonds is 12. The molecule has 0 amide bonds. The van der Waals surface area contributed by atoms with Gasteiger partial charge in [0.25, 0.3) is 0 Å². The second-order valence-corrected chi connectivity index (χ2v) is 5.75. The fourth-order valence-corrected chi connectivity index (χ4v) is 2.28. The lowest BCUT2D eigenvalue weighted by Crippen LogP contribution is -2.32. The van der Waals surface area contributed by atoms with Crippen molar-refractivity contribution in [3.05, 3.63) is 24.2 Å². The Kier molecular flexibility index (Phi) is 9.39. The van der Waals surface area contributed by atoms with E-state index in [-0.39, 0.29) is 6.04 Å². The van der Waals surface area contributed by atoms with Crippen molar-refractivity contribution in [1.82, 2.24) is 5.32 Å². The van der Waals surface area contributed by atoms with Gasteiger partial charge in [-0.15, -0.1) is 0 Å². The predicted molar refractivity (Wildman–Crippen MR) is 85.3 cm³/mol. The number of nitrogens with one attached hydrogen (secondary N) is 1. The van der Waals surface area contributed by atoms with E-state index in [4.69, 9.17) is 9.15 Å². The van der Waals surface area contributed by atoms with Crippen LogP contribution >= 0.6 is 0 Å². The number of ether oxygens (including phenoxy) is 1. The van der Waals surface area contributed by atoms with Gasteiger partial charge in [0.05, 0.1) is 25.0 Å². The first kappa shape index (κ1) is 18.2. The summed E-state index contributed by atoms with van der Waals surface area (Å²) < 4.78 is 11.0. The average molecular weight is 297 g/mol. The highest BCUT2D eigenvalue weighted by atomic mass is 16.5. The largest absolute Gasteiger partial charge is 0.468 e. The topological polar surface area (TPSA) is 54.6 Å². The maximum absolute atomic E-state index is 9.94. The Hall–Kier alpha value is -0.840. The molecule has 0 aliphatic heterocycles. The Morgan fingerprint density at radius 2 is 2.14 bits per heavy atom. The van der Waals surface area contributed by atoms with Crippen LogP contribution in [0.2, 0.25) is 0 Å². The van der Waals surface area contributed by atoms with E-state index in [0.29, 0.717) is 19.1 Å². The van der Waals surface area contributed by atoms with E-state index in [1.165, 1.54) is 19.3 Å². The summed E-state index contributed by atoms with van der Waals surface area (Å²) >= 11 is 0. The van der Waals surface area contributed by atoms with E-state index in [9.17, 15) is 5.11 Å². The van der Waals surface area contributed by atoms with Crippen molar-refractivity contribution in [3.8, 4) is 0 Å². The molecule has 0 aliphatic carbocycles. The van der Waals surface area contributed by atoms with E-state index in [1.807, 2.05) is 19.1 Å². The van der Waals surface area contributed by atoms with E-state index in [1.54, 1.807) is 6.26 Å². The van der Waals surface area contributed by atoms with Gasteiger partial charge in [0.2, 0.25) is 0 Å². The molecule has 4 heteroatoms. The van der Waals surface area contributed by atoms with E-state index < -0.39 is 6.10 Å². The minimum atomic E-state index is -0.480. The molecule has 0 spiro atoms. The quantitative estimate of drug-likeness (QED) is 0.620. The zero-order valence-electron chi connectivity index (χ0n) is 13.7. The first-order valence-electron chi connectivity index (χ1n) is 8.19. The Morgan fingerprint density at radius 1 is 1.33 bits per heavy atom. The van der Waals surface area contributed by atoms with Gasteiger partial charge in [0.15, 0.2) is 0 Å². The van der Waals surface area contributed by atoms with Crippen LogP contribution in [0.3, 0.4) is 0 Å². The van der Waals surface area contributed by atoms with Crippen molar-refractivity contribution in [2.75, 3.05) is 19.8 Å². The molecule has 0 saturated carbocycles. The van der Waals surface area contributed by atoms with Crippen LogP contribution in [0, 0.1) is 5.92 Å². The van der Waals surface area contributed by atoms with Crippen molar-refractivity contribution < 1.29 is 14.3 Å². The van der Waals surface area contributed by atoms with Gasteiger partial charge in [-0.2, -0.15) is 0 Å². The molecule has 1 aromatic rings. The van der Waals surface area contributed by atoms with Crippen molar-refractivity contribution >= 4 is 0 Å². The zero-order valence-corrected chi connectivity index (χ0v) is 13.7. The third-order valence-electron chi connectivity index (χ3n) is 3.84. The maximum atomic E-state index is 9.94. The first-order chi connectivity index (χ1) is 10.2. The summed E-state index contributed by atoms with van der Waals surface area (Å²) in [7, 11) is 0. The van der Waals surface area contributed by atoms with Crippen LogP contribution in [-0.4, -0.2) is 31.0 Å². The molecule has 21 heavy (non-hydrogen) atoms. The fourth-order valence-electron chi connectivity index (χ4n) is 2.28. The predicted octanol–water partition coefficient (Wildman–Crippen LogP) is 3.52. The molecule has 122 valence electrons. The molecule has 4 nitrogen and oxygen atoms in total. The maximum Gasteiger partial charge on any atom is 0.120 e. The van der Waals surface area contributed by atoms with Gasteiger partial charge in [-0.05, 0) is 31.4 Å². The summed E-state index contributed by atoms with van der Waals surface area (Å²) in [5.74, 6) is 1.50. The van der Waals surface area contributed by atoms with Crippen LogP contribution in [0.15, 0.2) is 22.8 Å². The van der Waals surface area contributed by atoms with Crippen molar-refractivity contribution in [1.29, 1.82) is 0 Å². The molecule has 1 rings (SSSR count). The van der Waals surface area contributed by atoms with Gasteiger partial charge in [0.1, 0.15) is 5.76 Å². The van der Waals surface area contributed by atoms with Gasteiger partial charge in [0, 0.05) is 13.2 Å². The number of hydrogen-bond donors (Lipinski definition) is 2. The Bertz CT molecular complexity index is 340. The van der Waals surface area contributed by atoms with Gasteiger partial charge < -0.3 is 19.6 Å². The SMILES string of the molecule is CCCCC(CC)COCC(O)CNC(C)c1ccco1. The molecule has 3 atom stereocenters. The van der Waals surface area contributed by atoms with E-state index >= 15 is 0 Å². The van der Waals surface area contributed by atoms with Crippen LogP contribution in [0.5, 0.6) is 0 Å². The Morgan fingerprint density at radius 3 is 2.76 bits per heavy atom. The van der Waals surface area contributed by atoms with E-state index in [0.717, 1.165) is 18.8 Å². The highest BCUT2D eigenvalue weighted by Gasteiger charge is 2.12. The third-order valence-corrected chi connectivity index (χ3v) is 3.84. The lowest BCUT2D eigenvalue weighted by molar-refractivity contribution is 0.0182. The third kappa shape index (κ3) is 7.65. The average Bonchev–Trinajstić information content (AvgIpc) is 3.02. The van der Waals surface area contributed by atoms with Crippen LogP contribution in [0.25, 0.3) is 0 Å². The minimum absolute atomic E-state index is 0.0996. The molecule has 3 unspecified atom stereocenters. The molecule has 1 heterocycles. The summed E-state index contributed by atoms with van der Waals surface area (Å²) in [6, 6.07) is 3.90. The summed E-state index contributed by atoms with van der Waals surface area (Å²) in [5.41, 5.74) is 0. The number of hydrogen-bond acceptors (Lipinski definition) is 4. The van der Waals surface area contributed by atoms with Crippen LogP contribution < -0.4 is 5.32 Å². The van der Waals surface area contributed by atoms with Gasteiger partial charge in [-0.25, -0.2) is 0 Å². The molecule has 0 saturated heterocycles. The molecule has 0 aromatic carbocycles. The highest BCUT2D eigenvalue weighted by Crippen LogP contribution is 2.13. The van der Waals surface area contributed by atoms with Crippen LogP contribution in [0.4, 0.5) is 0 Å². The summed E-state index contributed by atoms with van der Waals surface area (Å²) in [4.78, 5) is 0. The minimum Gasteiger partial charge on any atom is -0.468 e. The van der Waals surface area contributed by atoms with Crippen molar-refractivity contribution in [2.45, 2.75) is 58.6 Å². The number of unbranched alkanes of at least 4 members (excludes halogenated alkanes) is 1. The summed E-state index contributed by atoms with van der Waals surface area (Å²) in [6.07, 6.45) is 6.03. The monoisotopic (exact) mass is 297 g/mol. The van der Waals surface area contributed by atoms with Crippen LogP contribution in [0.1, 0.15) is 58.3 Å². The molecule has 0 fully saturated rings. The molecule has 0 aliphatic rings. The molecule has 0 bridgehead atoms. The molecule has 2 N–H and O–H groups in total. The van der Waals surface area contributed by atoms with Crippen molar-refractivity contribution in [2.24, 2.45) is 5.92 Å². The smallest absolute Gasteiger partial charge is 0.120 e. The van der Waals surface area contributed by atoms with Gasteiger partial charge >= 0.3 is 0 Å². The number of aliphatic hydroxyl groups excluding tert-OH is 1.